The highest BCUT2D eigenvalue weighted by Gasteiger charge is 2.27. The van der Waals surface area contributed by atoms with Crippen molar-refractivity contribution >= 4 is 17.2 Å². The maximum absolute atomic E-state index is 11.6. The lowest BCUT2D eigenvalue weighted by Gasteiger charge is -2.33. The molecule has 0 aromatic heterocycles. The SMILES string of the molecule is CCC(=O)c1ccc(N=Nc2ccc(C(C)(C)CC(C)(C)C)cc2)cc1. The van der Waals surface area contributed by atoms with Crippen LogP contribution in [0.2, 0.25) is 0 Å². The number of nitrogens with zero attached hydrogens (tertiary/aromatic N) is 2. The summed E-state index contributed by atoms with van der Waals surface area (Å²) in [5.74, 6) is 0.141. The Kier molecular flexibility index (Phi) is 6.12. The molecule has 0 bridgehead atoms. The van der Waals surface area contributed by atoms with Gasteiger partial charge >= 0.3 is 0 Å². The molecule has 138 valence electrons. The zero-order chi connectivity index (χ0) is 19.4. The number of Topliss-reactive ketones (excluding diaryl/α,β-unsaturated/α-hetero) is 1. The van der Waals surface area contributed by atoms with Crippen LogP contribution in [0.15, 0.2) is 58.8 Å². The molecule has 26 heavy (non-hydrogen) atoms. The van der Waals surface area contributed by atoms with Gasteiger partial charge in [-0.1, -0.05) is 53.7 Å². The van der Waals surface area contributed by atoms with Crippen LogP contribution in [-0.4, -0.2) is 5.78 Å². The smallest absolute Gasteiger partial charge is 0.162 e. The average molecular weight is 351 g/mol. The van der Waals surface area contributed by atoms with Crippen LogP contribution >= 0.6 is 0 Å². The summed E-state index contributed by atoms with van der Waals surface area (Å²) in [5.41, 5.74) is 4.01. The molecule has 2 aromatic carbocycles. The van der Waals surface area contributed by atoms with E-state index in [1.165, 1.54) is 5.56 Å². The van der Waals surface area contributed by atoms with Crippen molar-refractivity contribution in [3.63, 3.8) is 0 Å². The van der Waals surface area contributed by atoms with Crippen LogP contribution < -0.4 is 0 Å². The first-order chi connectivity index (χ1) is 12.1. The van der Waals surface area contributed by atoms with Gasteiger partial charge < -0.3 is 0 Å². The first-order valence-corrected chi connectivity index (χ1v) is 9.26. The lowest BCUT2D eigenvalue weighted by Crippen LogP contribution is -2.24. The van der Waals surface area contributed by atoms with E-state index in [0.29, 0.717) is 6.42 Å². The third-order valence-electron chi connectivity index (χ3n) is 4.41. The Hall–Kier alpha value is -2.29. The van der Waals surface area contributed by atoms with Gasteiger partial charge in [0.1, 0.15) is 0 Å². The molecule has 0 spiro atoms. The molecule has 2 rings (SSSR count). The fraction of sp³-hybridized carbons (Fsp3) is 0.435. The Morgan fingerprint density at radius 2 is 1.27 bits per heavy atom. The molecule has 0 aliphatic rings. The topological polar surface area (TPSA) is 41.8 Å². The van der Waals surface area contributed by atoms with Crippen LogP contribution in [0.3, 0.4) is 0 Å². The molecule has 3 heteroatoms. The number of benzene rings is 2. The van der Waals surface area contributed by atoms with Crippen LogP contribution in [0.5, 0.6) is 0 Å². The summed E-state index contributed by atoms with van der Waals surface area (Å²) in [6.07, 6.45) is 1.63. The second kappa shape index (κ2) is 7.94. The Morgan fingerprint density at radius 3 is 1.69 bits per heavy atom. The van der Waals surface area contributed by atoms with Crippen molar-refractivity contribution < 1.29 is 4.79 Å². The van der Waals surface area contributed by atoms with Crippen LogP contribution in [0, 0.1) is 5.41 Å². The van der Waals surface area contributed by atoms with Crippen molar-refractivity contribution in [1.82, 2.24) is 0 Å². The summed E-state index contributed by atoms with van der Waals surface area (Å²) in [5, 5.41) is 8.58. The van der Waals surface area contributed by atoms with Crippen LogP contribution in [0.1, 0.15) is 70.3 Å². The lowest BCUT2D eigenvalue weighted by molar-refractivity contribution is 0.0988. The predicted octanol–water partition coefficient (Wildman–Crippen LogP) is 7.41. The summed E-state index contributed by atoms with van der Waals surface area (Å²) in [7, 11) is 0. The van der Waals surface area contributed by atoms with E-state index in [1.54, 1.807) is 12.1 Å². The summed E-state index contributed by atoms with van der Waals surface area (Å²) in [4.78, 5) is 11.6. The van der Waals surface area contributed by atoms with E-state index >= 15 is 0 Å². The lowest BCUT2D eigenvalue weighted by atomic mass is 9.72. The second-order valence-electron chi connectivity index (χ2n) is 8.69. The van der Waals surface area contributed by atoms with E-state index in [-0.39, 0.29) is 16.6 Å². The molecule has 0 radical (unpaired) electrons. The van der Waals surface area contributed by atoms with E-state index in [2.05, 4.69) is 57.0 Å². The maximum atomic E-state index is 11.6. The quantitative estimate of drug-likeness (QED) is 0.395. The normalized spacial score (nSPS) is 12.5. The monoisotopic (exact) mass is 350 g/mol. The fourth-order valence-electron chi connectivity index (χ4n) is 3.44. The van der Waals surface area contributed by atoms with E-state index in [4.69, 9.17) is 0 Å². The molecular weight excluding hydrogens is 320 g/mol. The van der Waals surface area contributed by atoms with Gasteiger partial charge in [-0.15, -0.1) is 0 Å². The molecule has 0 saturated heterocycles. The molecule has 0 fully saturated rings. The third kappa shape index (κ3) is 5.62. The molecule has 0 N–H and O–H groups in total. The van der Waals surface area contributed by atoms with E-state index in [9.17, 15) is 4.79 Å². The summed E-state index contributed by atoms with van der Waals surface area (Å²) in [6.45, 7) is 13.3. The summed E-state index contributed by atoms with van der Waals surface area (Å²) >= 11 is 0. The summed E-state index contributed by atoms with van der Waals surface area (Å²) in [6, 6.07) is 15.6. The predicted molar refractivity (Wildman–Crippen MR) is 109 cm³/mol. The molecule has 0 aliphatic carbocycles. The van der Waals surface area contributed by atoms with E-state index < -0.39 is 0 Å². The minimum absolute atomic E-state index is 0.121. The zero-order valence-electron chi connectivity index (χ0n) is 16.8. The molecule has 0 unspecified atom stereocenters. The highest BCUT2D eigenvalue weighted by molar-refractivity contribution is 5.96. The van der Waals surface area contributed by atoms with E-state index in [1.807, 2.05) is 31.2 Å². The Morgan fingerprint density at radius 1 is 0.808 bits per heavy atom. The van der Waals surface area contributed by atoms with Gasteiger partial charge in [0, 0.05) is 12.0 Å². The minimum Gasteiger partial charge on any atom is -0.294 e. The van der Waals surface area contributed by atoms with Gasteiger partial charge in [0.25, 0.3) is 0 Å². The second-order valence-corrected chi connectivity index (χ2v) is 8.69. The number of hydrogen-bond donors (Lipinski definition) is 0. The number of carbonyl (C=O) groups is 1. The number of carbonyl (C=O) groups excluding carboxylic acids is 1. The van der Waals surface area contributed by atoms with Crippen molar-refractivity contribution in [2.75, 3.05) is 0 Å². The van der Waals surface area contributed by atoms with Crippen LogP contribution in [0.4, 0.5) is 11.4 Å². The average Bonchev–Trinajstić information content (AvgIpc) is 2.58. The first kappa shape index (κ1) is 20.0. The highest BCUT2D eigenvalue weighted by atomic mass is 16.1. The third-order valence-corrected chi connectivity index (χ3v) is 4.41. The van der Waals surface area contributed by atoms with Crippen molar-refractivity contribution in [3.05, 3.63) is 59.7 Å². The minimum atomic E-state index is 0.121. The molecule has 3 nitrogen and oxygen atoms in total. The first-order valence-electron chi connectivity index (χ1n) is 9.26. The van der Waals surface area contributed by atoms with Gasteiger partial charge in [0.05, 0.1) is 11.4 Å². The van der Waals surface area contributed by atoms with E-state index in [0.717, 1.165) is 23.4 Å². The van der Waals surface area contributed by atoms with Gasteiger partial charge in [-0.25, -0.2) is 0 Å². The molecule has 0 amide bonds. The maximum Gasteiger partial charge on any atom is 0.162 e. The number of rotatable bonds is 6. The molecule has 0 atom stereocenters. The van der Waals surface area contributed by atoms with Gasteiger partial charge in [0.2, 0.25) is 0 Å². The van der Waals surface area contributed by atoms with Crippen molar-refractivity contribution in [2.24, 2.45) is 15.6 Å². The molecule has 0 heterocycles. The number of azo groups is 1. The molecule has 0 saturated carbocycles. The molecular formula is C23H30N2O. The largest absolute Gasteiger partial charge is 0.294 e. The Labute approximate surface area is 157 Å². The van der Waals surface area contributed by atoms with Crippen molar-refractivity contribution in [3.8, 4) is 0 Å². The van der Waals surface area contributed by atoms with Gasteiger partial charge in [-0.2, -0.15) is 10.2 Å². The van der Waals surface area contributed by atoms with Crippen LogP contribution in [0.25, 0.3) is 0 Å². The highest BCUT2D eigenvalue weighted by Crippen LogP contribution is 2.36. The Balaban J connectivity index is 2.09. The fourth-order valence-corrected chi connectivity index (χ4v) is 3.44. The van der Waals surface area contributed by atoms with Gasteiger partial charge in [-0.3, -0.25) is 4.79 Å². The van der Waals surface area contributed by atoms with Gasteiger partial charge in [-0.05, 0) is 59.2 Å². The van der Waals surface area contributed by atoms with Crippen molar-refractivity contribution in [1.29, 1.82) is 0 Å². The standard InChI is InChI=1S/C23H30N2O/c1-7-21(26)17-8-12-19(13-9-17)24-25-20-14-10-18(11-15-20)23(5,6)16-22(2,3)4/h8-15H,7,16H2,1-6H3. The zero-order valence-corrected chi connectivity index (χ0v) is 16.8. The molecule has 2 aromatic rings. The Bertz CT molecular complexity index is 763. The van der Waals surface area contributed by atoms with Crippen LogP contribution in [-0.2, 0) is 5.41 Å². The molecule has 0 aliphatic heterocycles. The van der Waals surface area contributed by atoms with Gasteiger partial charge in [0.15, 0.2) is 5.78 Å². The number of hydrogen-bond acceptors (Lipinski definition) is 3. The van der Waals surface area contributed by atoms with Crippen molar-refractivity contribution in [2.45, 2.75) is 59.8 Å². The number of ketones is 1. The summed E-state index contributed by atoms with van der Waals surface area (Å²) < 4.78 is 0.